The van der Waals surface area contributed by atoms with Gasteiger partial charge in [-0.15, -0.1) is 0 Å². The third kappa shape index (κ3) is 3.25. The summed E-state index contributed by atoms with van der Waals surface area (Å²) in [6.07, 6.45) is 3.38. The molecule has 23 heavy (non-hydrogen) atoms. The zero-order valence-corrected chi connectivity index (χ0v) is 12.7. The average molecular weight is 306 g/mol. The maximum absolute atomic E-state index is 10.0. The summed E-state index contributed by atoms with van der Waals surface area (Å²) in [5.74, 6) is 0.558. The first-order chi connectivity index (χ1) is 11.1. The SMILES string of the molecule is COc1ccc(C=Cc2c(C#N)cc(OC)c(O)c2C#N)cc1. The van der Waals surface area contributed by atoms with Crippen molar-refractivity contribution < 1.29 is 14.6 Å². The number of nitrogens with zero attached hydrogens (tertiary/aromatic N) is 2. The molecular weight excluding hydrogens is 292 g/mol. The van der Waals surface area contributed by atoms with E-state index >= 15 is 0 Å². The molecule has 0 saturated carbocycles. The molecule has 0 aliphatic heterocycles. The number of aromatic hydroxyl groups is 1. The lowest BCUT2D eigenvalue weighted by molar-refractivity contribution is 0.372. The minimum absolute atomic E-state index is 0.00524. The molecule has 0 saturated heterocycles. The van der Waals surface area contributed by atoms with Gasteiger partial charge >= 0.3 is 0 Å². The smallest absolute Gasteiger partial charge is 0.176 e. The number of phenols is 1. The van der Waals surface area contributed by atoms with Crippen molar-refractivity contribution in [2.45, 2.75) is 0 Å². The summed E-state index contributed by atoms with van der Waals surface area (Å²) in [4.78, 5) is 0. The van der Waals surface area contributed by atoms with Crippen LogP contribution in [0.5, 0.6) is 17.2 Å². The van der Waals surface area contributed by atoms with Gasteiger partial charge in [-0.1, -0.05) is 24.3 Å². The first-order valence-corrected chi connectivity index (χ1v) is 6.70. The second-order valence-corrected chi connectivity index (χ2v) is 4.59. The molecule has 0 fully saturated rings. The lowest BCUT2D eigenvalue weighted by atomic mass is 9.99. The summed E-state index contributed by atoms with van der Waals surface area (Å²) in [5, 5.41) is 28.6. The average Bonchev–Trinajstić information content (AvgIpc) is 2.60. The van der Waals surface area contributed by atoms with Gasteiger partial charge in [0.05, 0.1) is 25.9 Å². The maximum atomic E-state index is 10.0. The predicted molar refractivity (Wildman–Crippen MR) is 86.0 cm³/mol. The molecule has 0 spiro atoms. The van der Waals surface area contributed by atoms with E-state index in [2.05, 4.69) is 0 Å². The highest BCUT2D eigenvalue weighted by Crippen LogP contribution is 2.35. The molecule has 0 amide bonds. The number of rotatable bonds is 4. The molecule has 0 atom stereocenters. The van der Waals surface area contributed by atoms with Crippen molar-refractivity contribution in [3.05, 3.63) is 52.6 Å². The van der Waals surface area contributed by atoms with E-state index in [0.29, 0.717) is 5.56 Å². The fourth-order valence-corrected chi connectivity index (χ4v) is 2.09. The van der Waals surface area contributed by atoms with Crippen LogP contribution in [0.1, 0.15) is 22.3 Å². The molecule has 2 aromatic rings. The molecule has 5 nitrogen and oxygen atoms in total. The largest absolute Gasteiger partial charge is 0.503 e. The zero-order chi connectivity index (χ0) is 16.8. The quantitative estimate of drug-likeness (QED) is 0.876. The zero-order valence-electron chi connectivity index (χ0n) is 12.7. The van der Waals surface area contributed by atoms with Crippen LogP contribution < -0.4 is 9.47 Å². The Labute approximate surface area is 134 Å². The number of ether oxygens (including phenoxy) is 2. The van der Waals surface area contributed by atoms with Gasteiger partial charge in [0.1, 0.15) is 17.4 Å². The maximum Gasteiger partial charge on any atom is 0.176 e. The molecule has 5 heteroatoms. The van der Waals surface area contributed by atoms with Gasteiger partial charge in [0.15, 0.2) is 11.5 Å². The molecule has 0 heterocycles. The van der Waals surface area contributed by atoms with E-state index in [0.717, 1.165) is 11.3 Å². The summed E-state index contributed by atoms with van der Waals surface area (Å²) >= 11 is 0. The standard InChI is InChI=1S/C18H14N2O3/c1-22-14-6-3-12(4-7-14)5-8-15-13(10-19)9-17(23-2)18(21)16(15)11-20/h3-9,21H,1-2H3. The highest BCUT2D eigenvalue weighted by molar-refractivity contribution is 5.79. The Balaban J connectivity index is 2.50. The normalized spacial score (nSPS) is 10.1. The summed E-state index contributed by atoms with van der Waals surface area (Å²) in [6.45, 7) is 0. The van der Waals surface area contributed by atoms with E-state index in [4.69, 9.17) is 9.47 Å². The Bertz CT molecular complexity index is 825. The number of hydrogen-bond donors (Lipinski definition) is 1. The Hall–Kier alpha value is -3.44. The van der Waals surface area contributed by atoms with Crippen molar-refractivity contribution in [1.82, 2.24) is 0 Å². The van der Waals surface area contributed by atoms with Gasteiger partial charge in [-0.2, -0.15) is 10.5 Å². The molecule has 0 unspecified atom stereocenters. The highest BCUT2D eigenvalue weighted by Gasteiger charge is 2.16. The second kappa shape index (κ2) is 7.02. The van der Waals surface area contributed by atoms with Gasteiger partial charge in [-0.25, -0.2) is 0 Å². The first kappa shape index (κ1) is 15.9. The van der Waals surface area contributed by atoms with E-state index in [1.165, 1.54) is 13.2 Å². The van der Waals surface area contributed by atoms with E-state index in [9.17, 15) is 15.6 Å². The van der Waals surface area contributed by atoms with Crippen molar-refractivity contribution >= 4 is 12.2 Å². The third-order valence-corrected chi connectivity index (χ3v) is 3.32. The number of hydrogen-bond acceptors (Lipinski definition) is 5. The molecule has 0 aromatic heterocycles. The summed E-state index contributed by atoms with van der Waals surface area (Å²) in [5.41, 5.74) is 1.48. The van der Waals surface area contributed by atoms with Gasteiger partial charge in [0.2, 0.25) is 0 Å². The van der Waals surface area contributed by atoms with Crippen molar-refractivity contribution in [3.63, 3.8) is 0 Å². The van der Waals surface area contributed by atoms with Gasteiger partial charge < -0.3 is 14.6 Å². The Morgan fingerprint density at radius 1 is 1.00 bits per heavy atom. The Morgan fingerprint density at radius 3 is 2.22 bits per heavy atom. The van der Waals surface area contributed by atoms with Crippen LogP contribution in [-0.2, 0) is 0 Å². The summed E-state index contributed by atoms with van der Waals surface area (Å²) in [7, 11) is 2.95. The van der Waals surface area contributed by atoms with Crippen LogP contribution in [0.3, 0.4) is 0 Å². The van der Waals surface area contributed by atoms with Crippen molar-refractivity contribution in [1.29, 1.82) is 10.5 Å². The molecule has 2 aromatic carbocycles. The molecule has 0 bridgehead atoms. The van der Waals surface area contributed by atoms with Crippen LogP contribution in [0.4, 0.5) is 0 Å². The Morgan fingerprint density at radius 2 is 1.70 bits per heavy atom. The van der Waals surface area contributed by atoms with E-state index in [1.54, 1.807) is 19.3 Å². The summed E-state index contributed by atoms with van der Waals surface area (Å²) in [6, 6.07) is 12.6. The van der Waals surface area contributed by atoms with Gasteiger partial charge in [0, 0.05) is 11.6 Å². The minimum atomic E-state index is -0.275. The predicted octanol–water partition coefficient (Wildman–Crippen LogP) is 3.32. The second-order valence-electron chi connectivity index (χ2n) is 4.59. The fourth-order valence-electron chi connectivity index (χ4n) is 2.09. The first-order valence-electron chi connectivity index (χ1n) is 6.70. The number of benzene rings is 2. The van der Waals surface area contributed by atoms with Crippen LogP contribution in [0.15, 0.2) is 30.3 Å². The molecular formula is C18H14N2O3. The monoisotopic (exact) mass is 306 g/mol. The molecule has 0 radical (unpaired) electrons. The molecule has 1 N–H and O–H groups in total. The molecule has 0 aliphatic carbocycles. The van der Waals surface area contributed by atoms with Crippen LogP contribution in [0.2, 0.25) is 0 Å². The van der Waals surface area contributed by atoms with E-state index < -0.39 is 0 Å². The Kier molecular flexibility index (Phi) is 4.86. The van der Waals surface area contributed by atoms with Crippen LogP contribution in [0.25, 0.3) is 12.2 Å². The van der Waals surface area contributed by atoms with Crippen molar-refractivity contribution in [2.24, 2.45) is 0 Å². The number of phenolic OH excluding ortho intramolecular Hbond substituents is 1. The van der Waals surface area contributed by atoms with Crippen molar-refractivity contribution in [2.75, 3.05) is 14.2 Å². The number of methoxy groups -OCH3 is 2. The van der Waals surface area contributed by atoms with Gasteiger partial charge in [-0.3, -0.25) is 0 Å². The molecule has 0 aliphatic rings. The van der Waals surface area contributed by atoms with Gasteiger partial charge in [0.25, 0.3) is 0 Å². The van der Waals surface area contributed by atoms with E-state index in [1.807, 2.05) is 36.4 Å². The van der Waals surface area contributed by atoms with Crippen LogP contribution in [-0.4, -0.2) is 19.3 Å². The lowest BCUT2D eigenvalue weighted by Crippen LogP contribution is -1.94. The molecule has 114 valence electrons. The third-order valence-electron chi connectivity index (χ3n) is 3.32. The fraction of sp³-hybridized carbons (Fsp3) is 0.111. The van der Waals surface area contributed by atoms with Crippen molar-refractivity contribution in [3.8, 4) is 29.4 Å². The minimum Gasteiger partial charge on any atom is -0.503 e. The van der Waals surface area contributed by atoms with E-state index in [-0.39, 0.29) is 22.6 Å². The van der Waals surface area contributed by atoms with Crippen LogP contribution in [0, 0.1) is 22.7 Å². The highest BCUT2D eigenvalue weighted by atomic mass is 16.5. The number of nitriles is 2. The van der Waals surface area contributed by atoms with Crippen LogP contribution >= 0.6 is 0 Å². The summed E-state index contributed by atoms with van der Waals surface area (Å²) < 4.78 is 10.1. The lowest BCUT2D eigenvalue weighted by Gasteiger charge is -2.09. The van der Waals surface area contributed by atoms with Gasteiger partial charge in [-0.05, 0) is 17.7 Å². The molecule has 2 rings (SSSR count). The topological polar surface area (TPSA) is 86.3 Å².